The van der Waals surface area contributed by atoms with Crippen molar-refractivity contribution in [3.8, 4) is 0 Å². The van der Waals surface area contributed by atoms with Crippen LogP contribution >= 0.6 is 0 Å². The Balaban J connectivity index is 3.44. The summed E-state index contributed by atoms with van der Waals surface area (Å²) in [5, 5.41) is 11.1. The molecule has 0 aromatic carbocycles. The van der Waals surface area contributed by atoms with Crippen molar-refractivity contribution in [3.05, 3.63) is 0 Å². The largest absolute Gasteiger partial charge is 0.394 e. The summed E-state index contributed by atoms with van der Waals surface area (Å²) in [6.07, 6.45) is 1.86. The van der Waals surface area contributed by atoms with Crippen molar-refractivity contribution in [2.24, 2.45) is 0 Å². The lowest BCUT2D eigenvalue weighted by Crippen LogP contribution is -2.38. The van der Waals surface area contributed by atoms with Gasteiger partial charge in [-0.15, -0.1) is 0 Å². The summed E-state index contributed by atoms with van der Waals surface area (Å²) in [4.78, 5) is 10.1. The van der Waals surface area contributed by atoms with Crippen molar-refractivity contribution >= 4 is 6.04 Å². The molecule has 0 aromatic heterocycles. The highest BCUT2D eigenvalue weighted by Gasteiger charge is 2.14. The zero-order valence-electron chi connectivity index (χ0n) is 6.64. The quantitative estimate of drug-likeness (QED) is 0.435. The van der Waals surface area contributed by atoms with Gasteiger partial charge in [0.1, 0.15) is 6.04 Å². The van der Waals surface area contributed by atoms with Crippen LogP contribution in [0.15, 0.2) is 0 Å². The highest BCUT2D eigenvalue weighted by atomic mass is 19.1. The number of halogens is 1. The van der Waals surface area contributed by atoms with Crippen molar-refractivity contribution in [2.45, 2.75) is 25.8 Å². The van der Waals surface area contributed by atoms with Crippen LogP contribution < -0.4 is 5.32 Å². The molecule has 0 heterocycles. The average molecular weight is 163 g/mol. The maximum Gasteiger partial charge on any atom is 0.320 e. The van der Waals surface area contributed by atoms with E-state index >= 15 is 0 Å². The van der Waals surface area contributed by atoms with E-state index in [1.165, 1.54) is 0 Å². The lowest BCUT2D eigenvalue weighted by atomic mass is 10.3. The fraction of sp³-hybridized carbons (Fsp3) is 0.857. The van der Waals surface area contributed by atoms with E-state index in [0.717, 1.165) is 12.8 Å². The molecule has 0 bridgehead atoms. The van der Waals surface area contributed by atoms with Crippen molar-refractivity contribution in [1.29, 1.82) is 0 Å². The molecule has 0 saturated carbocycles. The van der Waals surface area contributed by atoms with Crippen LogP contribution in [-0.4, -0.2) is 30.3 Å². The van der Waals surface area contributed by atoms with Gasteiger partial charge >= 0.3 is 6.04 Å². The molecule has 0 aromatic rings. The molecule has 0 aliphatic heterocycles. The van der Waals surface area contributed by atoms with E-state index in [4.69, 9.17) is 5.11 Å². The molecule has 0 aliphatic rings. The van der Waals surface area contributed by atoms with Gasteiger partial charge in [-0.3, -0.25) is 4.79 Å². The Kier molecular flexibility index (Phi) is 5.97. The highest BCUT2D eigenvalue weighted by molar-refractivity contribution is 5.74. The monoisotopic (exact) mass is 163 g/mol. The summed E-state index contributed by atoms with van der Waals surface area (Å²) in [6, 6.07) is -2.52. The maximum absolute atomic E-state index is 11.9. The molecule has 0 spiro atoms. The average Bonchev–Trinajstić information content (AvgIpc) is 1.97. The zero-order chi connectivity index (χ0) is 8.69. The SMILES string of the molecule is CCCCN[C@H](CO)C(=O)F. The van der Waals surface area contributed by atoms with E-state index in [1.54, 1.807) is 0 Å². The topological polar surface area (TPSA) is 49.3 Å². The first kappa shape index (κ1) is 10.5. The number of carbonyl (C=O) groups is 1. The molecule has 0 unspecified atom stereocenters. The molecule has 2 N–H and O–H groups in total. The summed E-state index contributed by atoms with van der Waals surface area (Å²) in [6.45, 7) is 2.09. The fourth-order valence-electron chi connectivity index (χ4n) is 0.670. The van der Waals surface area contributed by atoms with Gasteiger partial charge in [-0.2, -0.15) is 4.39 Å². The van der Waals surface area contributed by atoms with Gasteiger partial charge in [-0.25, -0.2) is 0 Å². The summed E-state index contributed by atoms with van der Waals surface area (Å²) in [5.41, 5.74) is 0. The standard InChI is InChI=1S/C7H14FNO2/c1-2-3-4-9-6(5-10)7(8)11/h6,9-10H,2-5H2,1H3/t6-/m1/s1. The molecule has 0 saturated heterocycles. The van der Waals surface area contributed by atoms with E-state index in [9.17, 15) is 9.18 Å². The third kappa shape index (κ3) is 4.86. The van der Waals surface area contributed by atoms with Gasteiger partial charge < -0.3 is 10.4 Å². The van der Waals surface area contributed by atoms with Gasteiger partial charge in [-0.1, -0.05) is 13.3 Å². The molecule has 11 heavy (non-hydrogen) atoms. The summed E-state index contributed by atoms with van der Waals surface area (Å²) in [7, 11) is 0. The lowest BCUT2D eigenvalue weighted by Gasteiger charge is -2.09. The molecular formula is C7H14FNO2. The van der Waals surface area contributed by atoms with Crippen molar-refractivity contribution in [2.75, 3.05) is 13.2 Å². The minimum Gasteiger partial charge on any atom is -0.394 e. The molecule has 1 atom stereocenters. The Bertz CT molecular complexity index is 119. The highest BCUT2D eigenvalue weighted by Crippen LogP contribution is 1.89. The van der Waals surface area contributed by atoms with Gasteiger partial charge in [-0.05, 0) is 13.0 Å². The van der Waals surface area contributed by atoms with Gasteiger partial charge in [0.15, 0.2) is 0 Å². The van der Waals surface area contributed by atoms with Gasteiger partial charge in [0.25, 0.3) is 0 Å². The van der Waals surface area contributed by atoms with E-state index in [2.05, 4.69) is 5.32 Å². The second kappa shape index (κ2) is 6.24. The number of nitrogens with one attached hydrogen (secondary N) is 1. The van der Waals surface area contributed by atoms with Crippen LogP contribution in [-0.2, 0) is 4.79 Å². The molecular weight excluding hydrogens is 149 g/mol. The Morgan fingerprint density at radius 1 is 1.73 bits per heavy atom. The minimum atomic E-state index is -1.50. The number of aliphatic hydroxyl groups is 1. The van der Waals surface area contributed by atoms with Crippen molar-refractivity contribution in [1.82, 2.24) is 5.32 Å². The first-order chi connectivity index (χ1) is 5.22. The second-order valence-corrected chi connectivity index (χ2v) is 2.35. The van der Waals surface area contributed by atoms with Crippen molar-refractivity contribution in [3.63, 3.8) is 0 Å². The number of rotatable bonds is 6. The number of unbranched alkanes of at least 4 members (excludes halogenated alkanes) is 1. The van der Waals surface area contributed by atoms with Crippen LogP contribution in [0.5, 0.6) is 0 Å². The fourth-order valence-corrected chi connectivity index (χ4v) is 0.670. The number of hydrogen-bond donors (Lipinski definition) is 2. The Morgan fingerprint density at radius 2 is 2.36 bits per heavy atom. The van der Waals surface area contributed by atoms with E-state index in [1.807, 2.05) is 6.92 Å². The maximum atomic E-state index is 11.9. The van der Waals surface area contributed by atoms with Crippen LogP contribution in [0.1, 0.15) is 19.8 Å². The predicted octanol–water partition coefficient (Wildman–Crippen LogP) is 0.233. The molecule has 0 rings (SSSR count). The molecule has 0 radical (unpaired) electrons. The van der Waals surface area contributed by atoms with E-state index in [0.29, 0.717) is 6.54 Å². The summed E-state index contributed by atoms with van der Waals surface area (Å²) < 4.78 is 11.9. The first-order valence-electron chi connectivity index (χ1n) is 3.76. The third-order valence-electron chi connectivity index (χ3n) is 1.38. The lowest BCUT2D eigenvalue weighted by molar-refractivity contribution is -0.132. The van der Waals surface area contributed by atoms with Crippen molar-refractivity contribution < 1.29 is 14.3 Å². The summed E-state index contributed by atoms with van der Waals surface area (Å²) in [5.74, 6) is 0. The van der Waals surface area contributed by atoms with Crippen LogP contribution in [0.4, 0.5) is 4.39 Å². The number of aliphatic hydroxyl groups excluding tert-OH is 1. The predicted molar refractivity (Wildman–Crippen MR) is 39.9 cm³/mol. The molecule has 4 heteroatoms. The molecule has 0 aliphatic carbocycles. The third-order valence-corrected chi connectivity index (χ3v) is 1.38. The van der Waals surface area contributed by atoms with E-state index in [-0.39, 0.29) is 0 Å². The van der Waals surface area contributed by atoms with Gasteiger partial charge in [0, 0.05) is 0 Å². The van der Waals surface area contributed by atoms with Crippen LogP contribution in [0, 0.1) is 0 Å². The Labute approximate surface area is 65.6 Å². The van der Waals surface area contributed by atoms with Crippen LogP contribution in [0.2, 0.25) is 0 Å². The molecule has 66 valence electrons. The normalized spacial score (nSPS) is 13.0. The number of hydrogen-bond acceptors (Lipinski definition) is 3. The smallest absolute Gasteiger partial charge is 0.320 e. The van der Waals surface area contributed by atoms with Crippen LogP contribution in [0.3, 0.4) is 0 Å². The van der Waals surface area contributed by atoms with Gasteiger partial charge in [0.05, 0.1) is 6.61 Å². The van der Waals surface area contributed by atoms with Gasteiger partial charge in [0.2, 0.25) is 0 Å². The Hall–Kier alpha value is -0.480. The molecule has 0 fully saturated rings. The molecule has 0 amide bonds. The minimum absolute atomic E-state index is 0.473. The molecule has 3 nitrogen and oxygen atoms in total. The number of carbonyl (C=O) groups excluding carboxylic acids is 1. The second-order valence-electron chi connectivity index (χ2n) is 2.35. The van der Waals surface area contributed by atoms with E-state index < -0.39 is 18.7 Å². The van der Waals surface area contributed by atoms with Crippen LogP contribution in [0.25, 0.3) is 0 Å². The first-order valence-corrected chi connectivity index (χ1v) is 3.76. The Morgan fingerprint density at radius 3 is 2.73 bits per heavy atom. The summed E-state index contributed by atoms with van der Waals surface area (Å²) >= 11 is 0. The zero-order valence-corrected chi connectivity index (χ0v) is 6.64.